The molecule has 0 N–H and O–H groups in total. The Hall–Kier alpha value is -1.38. The van der Waals surface area contributed by atoms with Crippen molar-refractivity contribution in [3.8, 4) is 5.75 Å². The zero-order chi connectivity index (χ0) is 13.1. The van der Waals surface area contributed by atoms with Gasteiger partial charge in [0.25, 0.3) is 0 Å². The number of rotatable bonds is 3. The van der Waals surface area contributed by atoms with Gasteiger partial charge in [-0.3, -0.25) is 4.79 Å². The topological polar surface area (TPSA) is 26.3 Å². The van der Waals surface area contributed by atoms with Crippen LogP contribution in [0.1, 0.15) is 43.0 Å². The first-order valence-corrected chi connectivity index (χ1v) is 6.50. The lowest BCUT2D eigenvalue weighted by Gasteiger charge is -2.26. The molecule has 2 atom stereocenters. The van der Waals surface area contributed by atoms with E-state index >= 15 is 0 Å². The van der Waals surface area contributed by atoms with Gasteiger partial charge in [-0.2, -0.15) is 0 Å². The molecule has 18 heavy (non-hydrogen) atoms. The van der Waals surface area contributed by atoms with Gasteiger partial charge in [-0.1, -0.05) is 25.8 Å². The molecule has 0 aromatic heterocycles. The molecule has 2 unspecified atom stereocenters. The minimum absolute atomic E-state index is 0.0560. The molecule has 0 heterocycles. The van der Waals surface area contributed by atoms with E-state index in [4.69, 9.17) is 4.74 Å². The highest BCUT2D eigenvalue weighted by Gasteiger charge is 2.29. The average molecular weight is 250 g/mol. The number of hydrogen-bond donors (Lipinski definition) is 0. The van der Waals surface area contributed by atoms with Gasteiger partial charge in [0, 0.05) is 5.92 Å². The molecule has 1 aliphatic carbocycles. The smallest absolute Gasteiger partial charge is 0.172 e. The number of ketones is 1. The first-order chi connectivity index (χ1) is 8.63. The molecule has 0 bridgehead atoms. The summed E-state index contributed by atoms with van der Waals surface area (Å²) in [5.74, 6) is 0.261. The van der Waals surface area contributed by atoms with E-state index in [1.54, 1.807) is 12.1 Å². The van der Waals surface area contributed by atoms with E-state index in [9.17, 15) is 9.18 Å². The third-order valence-corrected chi connectivity index (χ3v) is 3.75. The van der Waals surface area contributed by atoms with Crippen molar-refractivity contribution in [2.45, 2.75) is 32.6 Å². The summed E-state index contributed by atoms with van der Waals surface area (Å²) in [6.07, 6.45) is 3.93. The van der Waals surface area contributed by atoms with Gasteiger partial charge in [0.1, 0.15) is 11.6 Å². The summed E-state index contributed by atoms with van der Waals surface area (Å²) >= 11 is 0. The molecule has 0 spiro atoms. The molecule has 3 heteroatoms. The van der Waals surface area contributed by atoms with Crippen LogP contribution in [0.4, 0.5) is 4.39 Å². The van der Waals surface area contributed by atoms with Gasteiger partial charge >= 0.3 is 0 Å². The predicted molar refractivity (Wildman–Crippen MR) is 68.4 cm³/mol. The van der Waals surface area contributed by atoms with Crippen LogP contribution in [0, 0.1) is 17.7 Å². The largest absolute Gasteiger partial charge is 0.496 e. The SMILES string of the molecule is COc1cccc(F)c1C(=O)C1CCCC(C)C1. The summed E-state index contributed by atoms with van der Waals surface area (Å²) in [6.45, 7) is 2.15. The number of halogens is 1. The number of Topliss-reactive ketones (excluding diaryl/α,β-unsaturated/α-hetero) is 1. The maximum Gasteiger partial charge on any atom is 0.172 e. The highest BCUT2D eigenvalue weighted by Crippen LogP contribution is 2.33. The first-order valence-electron chi connectivity index (χ1n) is 6.50. The molecule has 1 aromatic carbocycles. The number of methoxy groups -OCH3 is 1. The van der Waals surface area contributed by atoms with E-state index in [0.717, 1.165) is 25.7 Å². The number of benzene rings is 1. The fraction of sp³-hybridized carbons (Fsp3) is 0.533. The van der Waals surface area contributed by atoms with Gasteiger partial charge in [0.05, 0.1) is 12.7 Å². The van der Waals surface area contributed by atoms with Gasteiger partial charge in [0.15, 0.2) is 5.78 Å². The Labute approximate surface area is 107 Å². The summed E-state index contributed by atoms with van der Waals surface area (Å²) < 4.78 is 18.9. The van der Waals surface area contributed by atoms with Crippen LogP contribution in [0.2, 0.25) is 0 Å². The number of ether oxygens (including phenoxy) is 1. The molecule has 1 fully saturated rings. The van der Waals surface area contributed by atoms with Crippen molar-refractivity contribution >= 4 is 5.78 Å². The Kier molecular flexibility index (Phi) is 4.00. The molecule has 1 aromatic rings. The normalized spacial score (nSPS) is 23.7. The molecule has 2 rings (SSSR count). The third-order valence-electron chi connectivity index (χ3n) is 3.75. The number of carbonyl (C=O) groups excluding carboxylic acids is 1. The molecule has 98 valence electrons. The lowest BCUT2D eigenvalue weighted by molar-refractivity contribution is 0.0860. The second kappa shape index (κ2) is 5.51. The second-order valence-electron chi connectivity index (χ2n) is 5.15. The number of carbonyl (C=O) groups is 1. The molecule has 2 nitrogen and oxygen atoms in total. The molecule has 0 amide bonds. The summed E-state index contributed by atoms with van der Waals surface area (Å²) in [4.78, 5) is 12.4. The third kappa shape index (κ3) is 2.55. The Bertz CT molecular complexity index is 442. The van der Waals surface area contributed by atoms with Crippen LogP contribution >= 0.6 is 0 Å². The zero-order valence-electron chi connectivity index (χ0n) is 10.9. The van der Waals surface area contributed by atoms with E-state index in [2.05, 4.69) is 6.92 Å². The summed E-state index contributed by atoms with van der Waals surface area (Å²) in [5, 5.41) is 0. The van der Waals surface area contributed by atoms with Gasteiger partial charge in [0.2, 0.25) is 0 Å². The quantitative estimate of drug-likeness (QED) is 0.762. The zero-order valence-corrected chi connectivity index (χ0v) is 10.9. The Morgan fingerprint density at radius 1 is 1.39 bits per heavy atom. The molecule has 0 radical (unpaired) electrons. The Morgan fingerprint density at radius 3 is 2.83 bits per heavy atom. The maximum atomic E-state index is 13.8. The lowest BCUT2D eigenvalue weighted by Crippen LogP contribution is -2.23. The van der Waals surface area contributed by atoms with Crippen LogP contribution in [-0.4, -0.2) is 12.9 Å². The molecule has 0 saturated heterocycles. The fourth-order valence-electron chi connectivity index (χ4n) is 2.79. The van der Waals surface area contributed by atoms with E-state index in [1.165, 1.54) is 13.2 Å². The highest BCUT2D eigenvalue weighted by molar-refractivity contribution is 6.00. The van der Waals surface area contributed by atoms with Gasteiger partial charge in [-0.25, -0.2) is 4.39 Å². The van der Waals surface area contributed by atoms with E-state index in [1.807, 2.05) is 0 Å². The van der Waals surface area contributed by atoms with Gasteiger partial charge in [-0.15, -0.1) is 0 Å². The van der Waals surface area contributed by atoms with E-state index in [-0.39, 0.29) is 17.3 Å². The summed E-state index contributed by atoms with van der Waals surface area (Å²) in [6, 6.07) is 4.53. The molecular formula is C15H19FO2. The average Bonchev–Trinajstić information content (AvgIpc) is 2.37. The summed E-state index contributed by atoms with van der Waals surface area (Å²) in [7, 11) is 1.47. The Balaban J connectivity index is 2.28. The Morgan fingerprint density at radius 2 is 2.17 bits per heavy atom. The minimum Gasteiger partial charge on any atom is -0.496 e. The van der Waals surface area contributed by atoms with Crippen LogP contribution in [0.5, 0.6) is 5.75 Å². The van der Waals surface area contributed by atoms with Crippen LogP contribution < -0.4 is 4.74 Å². The van der Waals surface area contributed by atoms with E-state index < -0.39 is 5.82 Å². The predicted octanol–water partition coefficient (Wildman–Crippen LogP) is 3.84. The van der Waals surface area contributed by atoms with Crippen molar-refractivity contribution in [3.05, 3.63) is 29.6 Å². The van der Waals surface area contributed by atoms with Crippen molar-refractivity contribution in [2.75, 3.05) is 7.11 Å². The minimum atomic E-state index is -0.474. The highest BCUT2D eigenvalue weighted by atomic mass is 19.1. The van der Waals surface area contributed by atoms with Gasteiger partial charge < -0.3 is 4.74 Å². The molecule has 1 saturated carbocycles. The molecule has 0 aliphatic heterocycles. The van der Waals surface area contributed by atoms with E-state index in [0.29, 0.717) is 11.7 Å². The van der Waals surface area contributed by atoms with Crippen LogP contribution in [-0.2, 0) is 0 Å². The fourth-order valence-corrected chi connectivity index (χ4v) is 2.79. The second-order valence-corrected chi connectivity index (χ2v) is 5.15. The van der Waals surface area contributed by atoms with Gasteiger partial charge in [-0.05, 0) is 30.9 Å². The van der Waals surface area contributed by atoms with Crippen LogP contribution in [0.25, 0.3) is 0 Å². The number of hydrogen-bond acceptors (Lipinski definition) is 2. The standard InChI is InChI=1S/C15H19FO2/c1-10-5-3-6-11(9-10)15(17)14-12(16)7-4-8-13(14)18-2/h4,7-8,10-11H,3,5-6,9H2,1-2H3. The van der Waals surface area contributed by atoms with Crippen molar-refractivity contribution in [2.24, 2.45) is 11.8 Å². The van der Waals surface area contributed by atoms with Crippen LogP contribution in [0.15, 0.2) is 18.2 Å². The monoisotopic (exact) mass is 250 g/mol. The van der Waals surface area contributed by atoms with Crippen molar-refractivity contribution in [1.82, 2.24) is 0 Å². The van der Waals surface area contributed by atoms with Crippen molar-refractivity contribution in [3.63, 3.8) is 0 Å². The maximum absolute atomic E-state index is 13.8. The van der Waals surface area contributed by atoms with Crippen molar-refractivity contribution in [1.29, 1.82) is 0 Å². The van der Waals surface area contributed by atoms with Crippen molar-refractivity contribution < 1.29 is 13.9 Å². The first kappa shape index (κ1) is 13.1. The molecular weight excluding hydrogens is 231 g/mol. The molecule has 1 aliphatic rings. The lowest BCUT2D eigenvalue weighted by atomic mass is 9.78. The van der Waals surface area contributed by atoms with Crippen LogP contribution in [0.3, 0.4) is 0 Å². The summed E-state index contributed by atoms with van der Waals surface area (Å²) in [5.41, 5.74) is 0.124.